The van der Waals surface area contributed by atoms with Gasteiger partial charge < -0.3 is 4.74 Å². The van der Waals surface area contributed by atoms with Crippen LogP contribution in [0.5, 0.6) is 0 Å². The molecular formula is C11H8BrFO3. The lowest BCUT2D eigenvalue weighted by Gasteiger charge is -1.97. The fourth-order valence-corrected chi connectivity index (χ4v) is 1.30. The minimum Gasteiger partial charge on any atom is -0.463 e. The molecule has 1 aromatic rings. The average molecular weight is 287 g/mol. The molecule has 0 saturated carbocycles. The number of hydrogen-bond donors (Lipinski definition) is 0. The number of carbonyl (C=O) groups is 2. The number of carbonyl (C=O) groups excluding carboxylic acids is 2. The van der Waals surface area contributed by atoms with Crippen LogP contribution in [0.25, 0.3) is 6.08 Å². The van der Waals surface area contributed by atoms with E-state index in [0.717, 1.165) is 13.2 Å². The van der Waals surface area contributed by atoms with E-state index in [1.165, 1.54) is 18.2 Å². The van der Waals surface area contributed by atoms with Crippen LogP contribution in [0.15, 0.2) is 28.7 Å². The molecule has 0 amide bonds. The normalized spacial score (nSPS) is 10.4. The molecule has 0 saturated heterocycles. The van der Waals surface area contributed by atoms with Gasteiger partial charge in [-0.25, -0.2) is 9.18 Å². The van der Waals surface area contributed by atoms with Gasteiger partial charge in [0.25, 0.3) is 5.78 Å². The molecule has 0 aromatic heterocycles. The quantitative estimate of drug-likeness (QED) is 0.487. The highest BCUT2D eigenvalue weighted by Crippen LogP contribution is 2.16. The van der Waals surface area contributed by atoms with Gasteiger partial charge in [-0.15, -0.1) is 0 Å². The molecule has 16 heavy (non-hydrogen) atoms. The van der Waals surface area contributed by atoms with Gasteiger partial charge >= 0.3 is 5.97 Å². The van der Waals surface area contributed by atoms with E-state index in [9.17, 15) is 14.0 Å². The van der Waals surface area contributed by atoms with Crippen LogP contribution in [-0.2, 0) is 14.3 Å². The molecule has 0 N–H and O–H groups in total. The zero-order valence-electron chi connectivity index (χ0n) is 8.37. The Kier molecular flexibility index (Phi) is 4.37. The molecule has 1 rings (SSSR count). The lowest BCUT2D eigenvalue weighted by atomic mass is 10.2. The molecule has 84 valence electrons. The first-order chi connectivity index (χ1) is 7.54. The fourth-order valence-electron chi connectivity index (χ4n) is 0.971. The minimum atomic E-state index is -0.978. The van der Waals surface area contributed by atoms with Crippen LogP contribution < -0.4 is 0 Å². The van der Waals surface area contributed by atoms with Crippen molar-refractivity contribution in [1.29, 1.82) is 0 Å². The topological polar surface area (TPSA) is 43.4 Å². The first kappa shape index (κ1) is 12.6. The van der Waals surface area contributed by atoms with E-state index in [4.69, 9.17) is 0 Å². The SMILES string of the molecule is COC(=O)C(=O)C=Cc1ccc(Br)cc1F. The van der Waals surface area contributed by atoms with E-state index >= 15 is 0 Å². The lowest BCUT2D eigenvalue weighted by Crippen LogP contribution is -2.12. The number of ether oxygens (including phenoxy) is 1. The van der Waals surface area contributed by atoms with Crippen LogP contribution in [0.4, 0.5) is 4.39 Å². The van der Waals surface area contributed by atoms with Gasteiger partial charge in [0.1, 0.15) is 5.82 Å². The van der Waals surface area contributed by atoms with Crippen LogP contribution >= 0.6 is 15.9 Å². The Balaban J connectivity index is 2.84. The maximum atomic E-state index is 13.3. The first-order valence-electron chi connectivity index (χ1n) is 4.30. The number of benzene rings is 1. The summed E-state index contributed by atoms with van der Waals surface area (Å²) < 4.78 is 18.1. The summed E-state index contributed by atoms with van der Waals surface area (Å²) in [5, 5.41) is 0. The fraction of sp³-hybridized carbons (Fsp3) is 0.0909. The van der Waals surface area contributed by atoms with Gasteiger partial charge in [-0.3, -0.25) is 4.79 Å². The third kappa shape index (κ3) is 3.27. The van der Waals surface area contributed by atoms with Crippen molar-refractivity contribution in [2.45, 2.75) is 0 Å². The van der Waals surface area contributed by atoms with Gasteiger partial charge in [0, 0.05) is 10.0 Å². The van der Waals surface area contributed by atoms with Gasteiger partial charge in [-0.2, -0.15) is 0 Å². The summed E-state index contributed by atoms with van der Waals surface area (Å²) >= 11 is 3.11. The summed E-state index contributed by atoms with van der Waals surface area (Å²) in [6.07, 6.45) is 2.19. The zero-order valence-corrected chi connectivity index (χ0v) is 9.95. The lowest BCUT2D eigenvalue weighted by molar-refractivity contribution is -0.149. The molecule has 1 aromatic carbocycles. The Labute approximate surface area is 100 Å². The maximum absolute atomic E-state index is 13.3. The first-order valence-corrected chi connectivity index (χ1v) is 5.09. The van der Waals surface area contributed by atoms with Crippen molar-refractivity contribution in [3.8, 4) is 0 Å². The van der Waals surface area contributed by atoms with Crippen LogP contribution in [0.3, 0.4) is 0 Å². The van der Waals surface area contributed by atoms with E-state index in [2.05, 4.69) is 20.7 Å². The molecule has 0 atom stereocenters. The van der Waals surface area contributed by atoms with Crippen molar-refractivity contribution in [1.82, 2.24) is 0 Å². The predicted octanol–water partition coefficient (Wildman–Crippen LogP) is 2.34. The van der Waals surface area contributed by atoms with Crippen molar-refractivity contribution in [2.75, 3.05) is 7.11 Å². The standard InChI is InChI=1S/C11H8BrFO3/c1-16-11(15)10(14)5-3-7-2-4-8(12)6-9(7)13/h2-6H,1H3. The summed E-state index contributed by atoms with van der Waals surface area (Å²) in [4.78, 5) is 21.8. The Bertz CT molecular complexity index is 455. The van der Waals surface area contributed by atoms with Gasteiger partial charge in [0.15, 0.2) is 0 Å². The molecule has 0 aliphatic carbocycles. The number of ketones is 1. The molecule has 0 heterocycles. The highest BCUT2D eigenvalue weighted by atomic mass is 79.9. The molecular weight excluding hydrogens is 279 g/mol. The molecule has 0 spiro atoms. The second kappa shape index (κ2) is 5.55. The van der Waals surface area contributed by atoms with Gasteiger partial charge in [-0.1, -0.05) is 22.0 Å². The maximum Gasteiger partial charge on any atom is 0.378 e. The molecule has 0 bridgehead atoms. The summed E-state index contributed by atoms with van der Waals surface area (Å²) in [5.74, 6) is -2.29. The minimum absolute atomic E-state index is 0.223. The number of methoxy groups -OCH3 is 1. The second-order valence-electron chi connectivity index (χ2n) is 2.86. The number of rotatable bonds is 3. The smallest absolute Gasteiger partial charge is 0.378 e. The molecule has 0 aliphatic rings. The number of hydrogen-bond acceptors (Lipinski definition) is 3. The Morgan fingerprint density at radius 1 is 1.44 bits per heavy atom. The summed E-state index contributed by atoms with van der Waals surface area (Å²) in [7, 11) is 1.11. The van der Waals surface area contributed by atoms with Crippen LogP contribution in [0.2, 0.25) is 0 Å². The highest BCUT2D eigenvalue weighted by molar-refractivity contribution is 9.10. The summed E-state index contributed by atoms with van der Waals surface area (Å²) in [6.45, 7) is 0. The molecule has 5 heteroatoms. The third-order valence-corrected chi connectivity index (χ3v) is 2.26. The van der Waals surface area contributed by atoms with Gasteiger partial charge in [0.2, 0.25) is 0 Å². The van der Waals surface area contributed by atoms with Crippen molar-refractivity contribution >= 4 is 33.8 Å². The van der Waals surface area contributed by atoms with Gasteiger partial charge in [-0.05, 0) is 24.3 Å². The third-order valence-electron chi connectivity index (χ3n) is 1.76. The molecule has 3 nitrogen and oxygen atoms in total. The van der Waals surface area contributed by atoms with Crippen molar-refractivity contribution < 1.29 is 18.7 Å². The van der Waals surface area contributed by atoms with Crippen LogP contribution in [0, 0.1) is 5.82 Å². The van der Waals surface area contributed by atoms with Crippen molar-refractivity contribution in [2.24, 2.45) is 0 Å². The summed E-state index contributed by atoms with van der Waals surface area (Å²) in [6, 6.07) is 4.38. The van der Waals surface area contributed by atoms with E-state index in [1.54, 1.807) is 6.07 Å². The molecule has 0 aliphatic heterocycles. The highest BCUT2D eigenvalue weighted by Gasteiger charge is 2.09. The molecule has 0 unspecified atom stereocenters. The molecule has 0 fully saturated rings. The molecule has 0 radical (unpaired) electrons. The van der Waals surface area contributed by atoms with Crippen molar-refractivity contribution in [3.63, 3.8) is 0 Å². The average Bonchev–Trinajstić information content (AvgIpc) is 2.26. The number of halogens is 2. The van der Waals surface area contributed by atoms with E-state index in [1.807, 2.05) is 0 Å². The van der Waals surface area contributed by atoms with Crippen LogP contribution in [-0.4, -0.2) is 18.9 Å². The predicted molar refractivity (Wildman–Crippen MR) is 60.2 cm³/mol. The largest absolute Gasteiger partial charge is 0.463 e. The van der Waals surface area contributed by atoms with Crippen LogP contribution in [0.1, 0.15) is 5.56 Å². The van der Waals surface area contributed by atoms with Gasteiger partial charge in [0.05, 0.1) is 7.11 Å². The summed E-state index contributed by atoms with van der Waals surface area (Å²) in [5.41, 5.74) is 0.223. The Hall–Kier alpha value is -1.49. The second-order valence-corrected chi connectivity index (χ2v) is 3.77. The Morgan fingerprint density at radius 2 is 2.12 bits per heavy atom. The van der Waals surface area contributed by atoms with Crippen molar-refractivity contribution in [3.05, 3.63) is 40.1 Å². The van der Waals surface area contributed by atoms with E-state index < -0.39 is 17.6 Å². The Morgan fingerprint density at radius 3 is 2.69 bits per heavy atom. The monoisotopic (exact) mass is 286 g/mol. The zero-order chi connectivity index (χ0) is 12.1. The van der Waals surface area contributed by atoms with E-state index in [-0.39, 0.29) is 5.56 Å². The van der Waals surface area contributed by atoms with E-state index in [0.29, 0.717) is 4.47 Å². The number of esters is 1.